The van der Waals surface area contributed by atoms with Crippen LogP contribution in [0.25, 0.3) is 0 Å². The summed E-state index contributed by atoms with van der Waals surface area (Å²) in [4.78, 5) is 36.1. The van der Waals surface area contributed by atoms with Crippen LogP contribution in [0.1, 0.15) is 28.9 Å². The Morgan fingerprint density at radius 2 is 1.70 bits per heavy atom. The van der Waals surface area contributed by atoms with Crippen LogP contribution in [-0.4, -0.2) is 32.1 Å². The van der Waals surface area contributed by atoms with Gasteiger partial charge in [-0.1, -0.05) is 18.2 Å². The lowest BCUT2D eigenvalue weighted by Crippen LogP contribution is -2.47. The highest BCUT2D eigenvalue weighted by Gasteiger charge is 2.54. The van der Waals surface area contributed by atoms with Gasteiger partial charge in [-0.2, -0.15) is 0 Å². The van der Waals surface area contributed by atoms with Crippen LogP contribution in [-0.2, 0) is 19.1 Å². The molecule has 0 saturated carbocycles. The largest absolute Gasteiger partial charge is 0.468 e. The highest BCUT2D eigenvalue weighted by molar-refractivity contribution is 6.05. The molecule has 0 saturated heterocycles. The van der Waals surface area contributed by atoms with E-state index < -0.39 is 23.4 Å². The van der Waals surface area contributed by atoms with Crippen molar-refractivity contribution in [3.8, 4) is 0 Å². The normalized spacial score (nSPS) is 17.1. The second-order valence-electron chi connectivity index (χ2n) is 4.68. The lowest BCUT2D eigenvalue weighted by atomic mass is 9.79. The Balaban J connectivity index is 2.55. The first-order chi connectivity index (χ1) is 9.46. The van der Waals surface area contributed by atoms with Crippen LogP contribution in [0.2, 0.25) is 0 Å². The Labute approximate surface area is 116 Å². The number of carbonyl (C=O) groups is 3. The van der Waals surface area contributed by atoms with Gasteiger partial charge in [0, 0.05) is 5.56 Å². The van der Waals surface area contributed by atoms with Crippen LogP contribution in [0.4, 0.5) is 0 Å². The molecule has 1 atom stereocenters. The van der Waals surface area contributed by atoms with Crippen molar-refractivity contribution in [1.82, 2.24) is 5.32 Å². The first-order valence-electron chi connectivity index (χ1n) is 6.03. The standard InChI is InChI=1S/C14H15NO5/c1-14(12(17)19-2,13(18)20-3)10-8-6-4-5-7-9(8)11(16)15-10/h4-7,10H,1-3H3,(H,15,16). The smallest absolute Gasteiger partial charge is 0.325 e. The first kappa shape index (κ1) is 14.0. The number of methoxy groups -OCH3 is 2. The molecule has 0 aliphatic carbocycles. The molecule has 1 amide bonds. The van der Waals surface area contributed by atoms with Crippen LogP contribution in [0.5, 0.6) is 0 Å². The molecule has 106 valence electrons. The third-order valence-corrected chi connectivity index (χ3v) is 3.59. The summed E-state index contributed by atoms with van der Waals surface area (Å²) in [6.07, 6.45) is 0. The average molecular weight is 277 g/mol. The molecule has 0 radical (unpaired) electrons. The maximum atomic E-state index is 12.1. The number of nitrogens with one attached hydrogen (secondary N) is 1. The predicted octanol–water partition coefficient (Wildman–Crippen LogP) is 0.823. The Morgan fingerprint density at radius 1 is 1.15 bits per heavy atom. The van der Waals surface area contributed by atoms with Crippen LogP contribution in [0, 0.1) is 5.41 Å². The van der Waals surface area contributed by atoms with Crippen molar-refractivity contribution >= 4 is 17.8 Å². The van der Waals surface area contributed by atoms with E-state index in [4.69, 9.17) is 9.47 Å². The zero-order chi connectivity index (χ0) is 14.9. The summed E-state index contributed by atoms with van der Waals surface area (Å²) < 4.78 is 9.42. The number of esters is 2. The number of ether oxygens (including phenoxy) is 2. The minimum Gasteiger partial charge on any atom is -0.468 e. The van der Waals surface area contributed by atoms with E-state index in [1.807, 2.05) is 0 Å². The zero-order valence-corrected chi connectivity index (χ0v) is 11.4. The number of benzene rings is 1. The maximum absolute atomic E-state index is 12.1. The van der Waals surface area contributed by atoms with E-state index in [1.54, 1.807) is 24.3 Å². The topological polar surface area (TPSA) is 81.7 Å². The van der Waals surface area contributed by atoms with Crippen LogP contribution < -0.4 is 5.32 Å². The van der Waals surface area contributed by atoms with Gasteiger partial charge >= 0.3 is 11.9 Å². The molecule has 1 aromatic rings. The van der Waals surface area contributed by atoms with E-state index in [0.717, 1.165) is 0 Å². The molecular weight excluding hydrogens is 262 g/mol. The number of fused-ring (bicyclic) bond motifs is 1. The van der Waals surface area contributed by atoms with Crippen molar-refractivity contribution in [2.24, 2.45) is 5.41 Å². The summed E-state index contributed by atoms with van der Waals surface area (Å²) in [5.41, 5.74) is -0.612. The summed E-state index contributed by atoms with van der Waals surface area (Å²) in [5.74, 6) is -1.85. The van der Waals surface area contributed by atoms with E-state index in [1.165, 1.54) is 21.1 Å². The summed E-state index contributed by atoms with van der Waals surface area (Å²) in [6.45, 7) is 1.40. The van der Waals surface area contributed by atoms with E-state index in [0.29, 0.717) is 11.1 Å². The number of amides is 1. The summed E-state index contributed by atoms with van der Waals surface area (Å²) >= 11 is 0. The van der Waals surface area contributed by atoms with Gasteiger partial charge in [0.05, 0.1) is 20.3 Å². The van der Waals surface area contributed by atoms with Crippen molar-refractivity contribution in [2.75, 3.05) is 14.2 Å². The van der Waals surface area contributed by atoms with Crippen molar-refractivity contribution in [3.63, 3.8) is 0 Å². The second kappa shape index (κ2) is 4.96. The predicted molar refractivity (Wildman–Crippen MR) is 68.8 cm³/mol. The Bertz CT molecular complexity index is 565. The quantitative estimate of drug-likeness (QED) is 0.653. The SMILES string of the molecule is COC(=O)C(C)(C(=O)OC)C1NC(=O)c2ccccc21. The zero-order valence-electron chi connectivity index (χ0n) is 11.4. The van der Waals surface area contributed by atoms with E-state index in [2.05, 4.69) is 5.32 Å². The van der Waals surface area contributed by atoms with Gasteiger partial charge in [0.2, 0.25) is 0 Å². The van der Waals surface area contributed by atoms with Crippen molar-refractivity contribution in [1.29, 1.82) is 0 Å². The first-order valence-corrected chi connectivity index (χ1v) is 6.03. The number of hydrogen-bond donors (Lipinski definition) is 1. The van der Waals surface area contributed by atoms with E-state index in [9.17, 15) is 14.4 Å². The second-order valence-corrected chi connectivity index (χ2v) is 4.68. The maximum Gasteiger partial charge on any atom is 0.325 e. The fourth-order valence-electron chi connectivity index (χ4n) is 2.44. The summed E-state index contributed by atoms with van der Waals surface area (Å²) in [7, 11) is 2.37. The van der Waals surface area contributed by atoms with Gasteiger partial charge in [-0.05, 0) is 18.6 Å². The minimum absolute atomic E-state index is 0.329. The summed E-state index contributed by atoms with van der Waals surface area (Å²) in [5, 5.41) is 2.65. The minimum atomic E-state index is -1.63. The van der Waals surface area contributed by atoms with Gasteiger partial charge < -0.3 is 14.8 Å². The monoisotopic (exact) mass is 277 g/mol. The molecule has 1 aromatic carbocycles. The van der Waals surface area contributed by atoms with Gasteiger partial charge in [0.25, 0.3) is 5.91 Å². The Hall–Kier alpha value is -2.37. The molecule has 1 aliphatic heterocycles. The molecule has 0 fully saturated rings. The third kappa shape index (κ3) is 1.84. The Kier molecular flexibility index (Phi) is 3.48. The fraction of sp³-hybridized carbons (Fsp3) is 0.357. The fourth-order valence-corrected chi connectivity index (χ4v) is 2.44. The van der Waals surface area contributed by atoms with Gasteiger partial charge in [-0.15, -0.1) is 0 Å². The highest BCUT2D eigenvalue weighted by atomic mass is 16.5. The molecular formula is C14H15NO5. The van der Waals surface area contributed by atoms with Crippen LogP contribution >= 0.6 is 0 Å². The number of rotatable bonds is 3. The van der Waals surface area contributed by atoms with E-state index in [-0.39, 0.29) is 5.91 Å². The molecule has 6 nitrogen and oxygen atoms in total. The number of carbonyl (C=O) groups excluding carboxylic acids is 3. The average Bonchev–Trinajstić information content (AvgIpc) is 2.82. The van der Waals surface area contributed by atoms with E-state index >= 15 is 0 Å². The molecule has 1 N–H and O–H groups in total. The molecule has 6 heteroatoms. The highest BCUT2D eigenvalue weighted by Crippen LogP contribution is 2.41. The van der Waals surface area contributed by atoms with Crippen molar-refractivity contribution in [2.45, 2.75) is 13.0 Å². The third-order valence-electron chi connectivity index (χ3n) is 3.59. The van der Waals surface area contributed by atoms with Crippen LogP contribution in [0.3, 0.4) is 0 Å². The summed E-state index contributed by atoms with van der Waals surface area (Å²) in [6, 6.07) is 5.98. The molecule has 1 aliphatic rings. The van der Waals surface area contributed by atoms with Gasteiger partial charge in [-0.3, -0.25) is 14.4 Å². The Morgan fingerprint density at radius 3 is 2.25 bits per heavy atom. The number of hydrogen-bond acceptors (Lipinski definition) is 5. The lowest BCUT2D eigenvalue weighted by molar-refractivity contribution is -0.170. The van der Waals surface area contributed by atoms with Crippen LogP contribution in [0.15, 0.2) is 24.3 Å². The molecule has 2 rings (SSSR count). The molecule has 0 aromatic heterocycles. The van der Waals surface area contributed by atoms with Crippen molar-refractivity contribution in [3.05, 3.63) is 35.4 Å². The van der Waals surface area contributed by atoms with Gasteiger partial charge in [0.1, 0.15) is 0 Å². The molecule has 0 spiro atoms. The van der Waals surface area contributed by atoms with Gasteiger partial charge in [0.15, 0.2) is 5.41 Å². The lowest BCUT2D eigenvalue weighted by Gasteiger charge is -2.30. The molecule has 20 heavy (non-hydrogen) atoms. The van der Waals surface area contributed by atoms with Crippen molar-refractivity contribution < 1.29 is 23.9 Å². The molecule has 1 unspecified atom stereocenters. The molecule has 1 heterocycles. The van der Waals surface area contributed by atoms with Gasteiger partial charge in [-0.25, -0.2) is 0 Å². The molecule has 0 bridgehead atoms.